The first kappa shape index (κ1) is 132. The Morgan fingerprint density at radius 2 is 0.691 bits per heavy atom. The summed E-state index contributed by atoms with van der Waals surface area (Å²) in [6.45, 7) is 61.4. The van der Waals surface area contributed by atoms with Crippen molar-refractivity contribution in [3.05, 3.63) is 76.7 Å². The van der Waals surface area contributed by atoms with Crippen molar-refractivity contribution in [2.45, 2.75) is 333 Å². The van der Waals surface area contributed by atoms with Gasteiger partial charge in [0.25, 0.3) is 10.1 Å². The van der Waals surface area contributed by atoms with E-state index in [1.807, 2.05) is 173 Å². The van der Waals surface area contributed by atoms with Crippen LogP contribution < -0.4 is 11.1 Å². The van der Waals surface area contributed by atoms with Crippen LogP contribution >= 0.6 is 0 Å². The highest BCUT2D eigenvalue weighted by molar-refractivity contribution is 7.86. The van der Waals surface area contributed by atoms with Gasteiger partial charge in [-0.3, -0.25) is 25.9 Å². The topological polar surface area (TPSA) is 269 Å². The number of nitrogens with zero attached hydrogens (tertiary/aromatic N) is 4. The summed E-state index contributed by atoms with van der Waals surface area (Å²) in [7, 11) is -12.4. The van der Waals surface area contributed by atoms with E-state index < -0.39 is 84.1 Å². The van der Waals surface area contributed by atoms with Crippen molar-refractivity contribution in [2.24, 2.45) is 10.8 Å². The number of hydrogen-bond donors (Lipinski definition) is 2. The average Bonchev–Trinajstić information content (AvgIpc) is 0.789. The molecule has 0 saturated carbocycles. The van der Waals surface area contributed by atoms with Crippen LogP contribution in [0.25, 0.3) is 10.4 Å². The van der Waals surface area contributed by atoms with Crippen molar-refractivity contribution >= 4 is 43.7 Å². The number of quaternary nitrogens is 1. The zero-order valence-corrected chi connectivity index (χ0v) is 94.3. The van der Waals surface area contributed by atoms with Crippen LogP contribution in [0.5, 0.6) is 0 Å². The molecule has 0 fully saturated rings. The second-order valence-electron chi connectivity index (χ2n) is 43.1. The molecular formula is C103H187F4N6O18SSi4+. The second-order valence-corrected chi connectivity index (χ2v) is 63.0. The second kappa shape index (κ2) is 70.5. The Labute approximate surface area is 827 Å². The van der Waals surface area contributed by atoms with Gasteiger partial charge in [-0.25, -0.2) is 0 Å². The number of benzene rings is 1. The maximum Gasteiger partial charge on any atom is 0.333 e. The summed E-state index contributed by atoms with van der Waals surface area (Å²) in [5.41, 5.74) is 26.0. The van der Waals surface area contributed by atoms with Crippen LogP contribution in [-0.2, 0) is 85.4 Å². The fourth-order valence-electron chi connectivity index (χ4n) is 15.1. The molecule has 0 aromatic heterocycles. The Kier molecular flexibility index (Phi) is 68.3. The highest BCUT2D eigenvalue weighted by Gasteiger charge is 2.58. The van der Waals surface area contributed by atoms with Crippen molar-refractivity contribution in [1.82, 2.24) is 5.32 Å². The number of aryl methyl sites for hydroxylation is 1. The van der Waals surface area contributed by atoms with Crippen LogP contribution in [0.4, 0.5) is 16.4 Å². The van der Waals surface area contributed by atoms with Crippen LogP contribution in [0, 0.1) is 52.8 Å². The van der Waals surface area contributed by atoms with Crippen LogP contribution in [0.1, 0.15) is 268 Å². The first-order valence-electron chi connectivity index (χ1n) is 49.2. The summed E-state index contributed by atoms with van der Waals surface area (Å²) < 4.78 is 174. The monoisotopic (exact) mass is 2020 g/mol. The molecule has 3 atom stereocenters. The summed E-state index contributed by atoms with van der Waals surface area (Å²) in [5.74, 6) is 11.6. The lowest BCUT2D eigenvalue weighted by Gasteiger charge is -2.40. The molecule has 1 aromatic carbocycles. The first-order valence-corrected chi connectivity index (χ1v) is 58.2. The number of ether oxygens (including phenoxy) is 15. The molecule has 24 nitrogen and oxygen atoms in total. The van der Waals surface area contributed by atoms with Gasteiger partial charge in [-0.1, -0.05) is 271 Å². The smallest absolute Gasteiger partial charge is 0.333 e. The molecule has 4 rings (SSSR count). The van der Waals surface area contributed by atoms with E-state index in [0.29, 0.717) is 145 Å². The maximum atomic E-state index is 15.7. The van der Waals surface area contributed by atoms with Gasteiger partial charge < -0.3 is 81.3 Å². The third-order valence-electron chi connectivity index (χ3n) is 22.8. The van der Waals surface area contributed by atoms with Crippen LogP contribution in [-0.4, -0.2) is 278 Å². The van der Waals surface area contributed by atoms with Crippen LogP contribution in [0.3, 0.4) is 0 Å². The van der Waals surface area contributed by atoms with E-state index in [9.17, 15) is 8.42 Å². The van der Waals surface area contributed by atoms with Crippen LogP contribution in [0.2, 0.25) is 40.3 Å². The standard InChI is InChI=1S/C28H53FNO4Si.C26H48FNO4Si.C17H24O4S.C16H30FN3O3Si.C16H32FNO3Si/c1-27(2,3)35(29,28(4,5)6)24-14-18-31-20-21-32-22-23-33-25-30(7,8)17-19-34-26-15-12-10-9-11-13-16-26;1-25(2,3)33(27,26(4,5)6)22-12-16-29-18-19-30-20-21-31-23-28-15-17-32-24-13-10-8-7-9-11-14-24;1-15-9-11-17(12-10-15)22(18,19)21-14-13-20-16-7-5-3-2-4-6-8-16;1-15(2,3)24(17,16(4,5)6)13-7-8-21-9-10-22-11-12-23-14-19-20-18;1-15(2,3)22(17,16(4,5)6)13-7-8-19-9-10-20-11-12-21-14-18/h9-10,26H,11-13,15-23,25H2,1-8H3;7-8,24,28H,9-11,13-21,23H2,1-6H3;2-3,9-12,16H,4-8,13-14H2,1H3;8-12,14H2,1-6H3;8-12,14,18H2,1-6H3/q+1;;;;/b10-9+;8-7+;3-2+;;/t26-;24-;16-;;/m000../s1. The Morgan fingerprint density at radius 3 is 1.02 bits per heavy atom. The molecule has 786 valence electrons. The number of rotatable bonds is 49. The zero-order chi connectivity index (χ0) is 103. The first-order chi connectivity index (χ1) is 63.6. The van der Waals surface area contributed by atoms with E-state index >= 15 is 16.4 Å². The molecule has 136 heavy (non-hydrogen) atoms. The Hall–Kier alpha value is -4.23. The molecular weight excluding hydrogens is 1830 g/mol. The van der Waals surface area contributed by atoms with Gasteiger partial charge in [-0.05, 0) is 161 Å². The van der Waals surface area contributed by atoms with Crippen molar-refractivity contribution in [3.63, 3.8) is 0 Å². The Morgan fingerprint density at radius 1 is 0.397 bits per heavy atom. The number of hydrogen-bond acceptors (Lipinski definition) is 21. The molecule has 3 aliphatic carbocycles. The number of halogens is 4. The maximum absolute atomic E-state index is 15.7. The predicted octanol–water partition coefficient (Wildman–Crippen LogP) is 22.6. The van der Waals surface area contributed by atoms with Crippen molar-refractivity contribution in [1.29, 1.82) is 0 Å². The van der Waals surface area contributed by atoms with Gasteiger partial charge in [0.2, 0.25) is 0 Å². The number of azide groups is 1. The van der Waals surface area contributed by atoms with E-state index in [1.165, 1.54) is 25.7 Å². The summed E-state index contributed by atoms with van der Waals surface area (Å²) in [6.07, 6.45) is 31.3. The molecule has 0 radical (unpaired) electrons. The van der Waals surface area contributed by atoms with Gasteiger partial charge >= 0.3 is 33.6 Å². The molecule has 0 spiro atoms. The van der Waals surface area contributed by atoms with Gasteiger partial charge in [0.15, 0.2) is 6.73 Å². The highest BCUT2D eigenvalue weighted by atomic mass is 32.2. The van der Waals surface area contributed by atoms with Gasteiger partial charge in [-0.2, -0.15) is 8.42 Å². The number of nitrogens with two attached hydrogens (primary N) is 1. The number of nitrogens with one attached hydrogen (secondary N) is 1. The minimum atomic E-state index is -3.68. The molecule has 33 heteroatoms. The predicted molar refractivity (Wildman–Crippen MR) is 555 cm³/mol. The lowest BCUT2D eigenvalue weighted by Crippen LogP contribution is -2.47. The highest BCUT2D eigenvalue weighted by Crippen LogP contribution is 2.54. The minimum Gasteiger partial charge on any atom is -0.377 e. The molecule has 0 amide bonds. The van der Waals surface area contributed by atoms with Crippen molar-refractivity contribution in [3.8, 4) is 45.9 Å². The Bertz CT molecular complexity index is 3770. The molecule has 0 heterocycles. The largest absolute Gasteiger partial charge is 0.377 e. The quantitative estimate of drug-likeness (QED) is 0.00499. The van der Waals surface area contributed by atoms with E-state index in [2.05, 4.69) is 112 Å². The number of allylic oxidation sites excluding steroid dienone is 6. The molecule has 3 aliphatic rings. The van der Waals surface area contributed by atoms with E-state index in [4.69, 9.17) is 86.5 Å². The third-order valence-corrected chi connectivity index (χ3v) is 42.7. The molecule has 0 unspecified atom stereocenters. The van der Waals surface area contributed by atoms with Crippen molar-refractivity contribution < 1.29 is 105 Å². The van der Waals surface area contributed by atoms with Gasteiger partial charge in [0.1, 0.15) is 39.7 Å². The lowest BCUT2D eigenvalue weighted by molar-refractivity contribution is -0.910. The minimum absolute atomic E-state index is 0.00235. The summed E-state index contributed by atoms with van der Waals surface area (Å²) in [6, 6.07) is 6.64. The fourth-order valence-corrected chi connectivity index (χ4v) is 29.2. The normalized spacial score (nSPS) is 17.1. The van der Waals surface area contributed by atoms with Crippen molar-refractivity contribution in [2.75, 3.05) is 213 Å². The molecule has 1 aromatic rings. The molecule has 3 N–H and O–H groups in total. The molecule has 0 saturated heterocycles. The summed E-state index contributed by atoms with van der Waals surface area (Å²) in [5, 5.41) is 2.97. The summed E-state index contributed by atoms with van der Waals surface area (Å²) in [4.78, 5) is 2.75. The van der Waals surface area contributed by atoms with E-state index in [1.54, 1.807) is 24.3 Å². The van der Waals surface area contributed by atoms with Crippen LogP contribution in [0.15, 0.2) is 70.7 Å². The van der Waals surface area contributed by atoms with E-state index in [0.717, 1.165) is 100 Å². The van der Waals surface area contributed by atoms with E-state index in [-0.39, 0.29) is 57.5 Å². The average molecular weight is 2020 g/mol. The zero-order valence-electron chi connectivity index (χ0n) is 89.5. The molecule has 0 aliphatic heterocycles. The van der Waals surface area contributed by atoms with Gasteiger partial charge in [0.05, 0.1) is 183 Å². The van der Waals surface area contributed by atoms with Gasteiger partial charge in [-0.15, -0.1) is 0 Å². The lowest BCUT2D eigenvalue weighted by atomic mass is 10.0. The SMILES string of the molecule is CC(C)(C)[Si](F)(C#CCOCCOCCOCN)C(C)(C)C.CC(C)(C)[Si](F)(C#CCOCCOCCOCN=[N+]=[N-])C(C)(C)C.CC(C)(C)[Si](F)(C#CCOCCOCCOCNCCO[C@H]1CC/C=C/CCC1)C(C)(C)C.CC(C)(C)[Si](F)(C#CCOCCOCCOC[N+](C)(C)CCO[C@H]1CC/C=C/CCC1)C(C)(C)C.Cc1ccc(S(=O)(=O)OCCO[C@H]2CC/C=C/CCC2)cc1. The summed E-state index contributed by atoms with van der Waals surface area (Å²) >= 11 is 0. The third kappa shape index (κ3) is 58.5. The Balaban J connectivity index is 0.00000170. The van der Waals surface area contributed by atoms with Gasteiger partial charge in [0, 0.05) is 11.5 Å². The fraction of sp³-hybridized carbons (Fsp3) is 0.806. The number of likely N-dealkylation sites (N-methyl/N-ethyl adjacent to an activating group) is 1. The molecule has 0 bridgehead atoms.